The van der Waals surface area contributed by atoms with Crippen LogP contribution in [0.15, 0.2) is 72.8 Å². The molecule has 0 aliphatic carbocycles. The lowest BCUT2D eigenvalue weighted by Gasteiger charge is -2.29. The Morgan fingerprint density at radius 1 is 0.943 bits per heavy atom. The summed E-state index contributed by atoms with van der Waals surface area (Å²) in [7, 11) is 1.55. The first-order valence-electron chi connectivity index (χ1n) is 11.5. The molecule has 0 aromatic heterocycles. The molecular formula is C27H25FN2O5. The summed E-state index contributed by atoms with van der Waals surface area (Å²) in [6.07, 6.45) is -0.246. The van der Waals surface area contributed by atoms with E-state index < -0.39 is 35.7 Å². The normalized spacial score (nSPS) is 21.4. The molecule has 0 spiro atoms. The highest BCUT2D eigenvalue weighted by molar-refractivity contribution is 6.24. The molecule has 0 unspecified atom stereocenters. The zero-order chi connectivity index (χ0) is 24.5. The summed E-state index contributed by atoms with van der Waals surface area (Å²) in [4.78, 5) is 34.0. The maximum Gasteiger partial charge on any atom is 0.266 e. The van der Waals surface area contributed by atoms with Crippen molar-refractivity contribution in [2.24, 2.45) is 5.92 Å². The van der Waals surface area contributed by atoms with E-state index in [1.54, 1.807) is 30.4 Å². The van der Waals surface area contributed by atoms with Gasteiger partial charge in [0.1, 0.15) is 11.7 Å². The predicted molar refractivity (Wildman–Crippen MR) is 128 cm³/mol. The van der Waals surface area contributed by atoms with Crippen molar-refractivity contribution in [2.75, 3.05) is 23.7 Å². The number of methoxy groups -OCH3 is 1. The highest BCUT2D eigenvalue weighted by atomic mass is 19.1. The molecule has 8 heteroatoms. The van der Waals surface area contributed by atoms with Gasteiger partial charge in [-0.1, -0.05) is 43.3 Å². The van der Waals surface area contributed by atoms with E-state index in [0.29, 0.717) is 29.4 Å². The van der Waals surface area contributed by atoms with E-state index in [0.717, 1.165) is 11.3 Å². The Morgan fingerprint density at radius 3 is 2.40 bits per heavy atom. The molecule has 0 bridgehead atoms. The van der Waals surface area contributed by atoms with Gasteiger partial charge in [0.05, 0.1) is 31.1 Å². The van der Waals surface area contributed by atoms with Crippen LogP contribution in [0.2, 0.25) is 0 Å². The summed E-state index contributed by atoms with van der Waals surface area (Å²) in [5.74, 6) is -1.54. The van der Waals surface area contributed by atoms with Gasteiger partial charge in [0.2, 0.25) is 5.91 Å². The van der Waals surface area contributed by atoms with Gasteiger partial charge in [0.25, 0.3) is 5.91 Å². The number of rotatable bonds is 7. The molecular weight excluding hydrogens is 451 g/mol. The number of nitrogens with zero attached hydrogens (tertiary/aromatic N) is 2. The zero-order valence-electron chi connectivity index (χ0n) is 19.4. The van der Waals surface area contributed by atoms with Gasteiger partial charge in [0.15, 0.2) is 17.6 Å². The average molecular weight is 477 g/mol. The summed E-state index contributed by atoms with van der Waals surface area (Å²) >= 11 is 0. The first kappa shape index (κ1) is 22.9. The van der Waals surface area contributed by atoms with E-state index in [1.807, 2.05) is 43.3 Å². The Kier molecular flexibility index (Phi) is 6.13. The molecule has 5 rings (SSSR count). The highest BCUT2D eigenvalue weighted by Crippen LogP contribution is 2.48. The summed E-state index contributed by atoms with van der Waals surface area (Å²) < 4.78 is 25.9. The molecule has 3 aromatic carbocycles. The standard InChI is InChI=1S/C27H25FN2O5/c1-3-15-34-21-14-13-17(16-22(21)33-2)24-23-25(35-30(24)18-9-5-4-6-10-18)27(32)29(26(23)31)20-12-8-7-11-19(20)28/h4-14,16,23-25H,3,15H2,1-2H3/t23-,24+,25-/m0/s1. The van der Waals surface area contributed by atoms with E-state index >= 15 is 0 Å². The van der Waals surface area contributed by atoms with Gasteiger partial charge in [-0.2, -0.15) is 0 Å². The van der Waals surface area contributed by atoms with Crippen molar-refractivity contribution in [1.29, 1.82) is 0 Å². The molecule has 3 atom stereocenters. The number of para-hydroxylation sites is 2. The lowest BCUT2D eigenvalue weighted by molar-refractivity contribution is -0.126. The van der Waals surface area contributed by atoms with Gasteiger partial charge >= 0.3 is 0 Å². The molecule has 2 fully saturated rings. The van der Waals surface area contributed by atoms with E-state index in [2.05, 4.69) is 0 Å². The molecule has 2 saturated heterocycles. The number of carbonyl (C=O) groups is 2. The van der Waals surface area contributed by atoms with Gasteiger partial charge in [-0.25, -0.2) is 14.4 Å². The van der Waals surface area contributed by atoms with Crippen LogP contribution in [-0.2, 0) is 14.4 Å². The van der Waals surface area contributed by atoms with Crippen LogP contribution in [-0.4, -0.2) is 31.6 Å². The third-order valence-electron chi connectivity index (χ3n) is 6.21. The van der Waals surface area contributed by atoms with E-state index in [9.17, 15) is 14.0 Å². The van der Waals surface area contributed by atoms with Gasteiger partial charge in [-0.3, -0.25) is 14.4 Å². The number of amides is 2. The second-order valence-corrected chi connectivity index (χ2v) is 8.38. The first-order chi connectivity index (χ1) is 17.0. The highest BCUT2D eigenvalue weighted by Gasteiger charge is 2.60. The van der Waals surface area contributed by atoms with Crippen molar-refractivity contribution in [3.8, 4) is 11.5 Å². The van der Waals surface area contributed by atoms with Gasteiger partial charge in [-0.15, -0.1) is 0 Å². The second kappa shape index (κ2) is 9.38. The summed E-state index contributed by atoms with van der Waals surface area (Å²) in [5.41, 5.74) is 1.32. The van der Waals surface area contributed by atoms with Crippen LogP contribution in [0.3, 0.4) is 0 Å². The van der Waals surface area contributed by atoms with Crippen LogP contribution in [0.5, 0.6) is 11.5 Å². The van der Waals surface area contributed by atoms with Crippen molar-refractivity contribution in [1.82, 2.24) is 0 Å². The van der Waals surface area contributed by atoms with Crippen LogP contribution in [0.1, 0.15) is 24.9 Å². The molecule has 2 aliphatic heterocycles. The summed E-state index contributed by atoms with van der Waals surface area (Å²) in [6.45, 7) is 2.55. The smallest absolute Gasteiger partial charge is 0.266 e. The Hall–Kier alpha value is -3.91. The molecule has 2 aliphatic rings. The second-order valence-electron chi connectivity index (χ2n) is 8.38. The third-order valence-corrected chi connectivity index (χ3v) is 6.21. The quantitative estimate of drug-likeness (QED) is 0.462. The number of benzene rings is 3. The summed E-state index contributed by atoms with van der Waals surface area (Å²) in [5, 5.41) is 1.59. The monoisotopic (exact) mass is 476 g/mol. The molecule has 0 saturated carbocycles. The first-order valence-corrected chi connectivity index (χ1v) is 11.5. The largest absolute Gasteiger partial charge is 0.493 e. The Balaban J connectivity index is 1.58. The number of fused-ring (bicyclic) bond motifs is 1. The van der Waals surface area contributed by atoms with E-state index in [1.165, 1.54) is 18.2 Å². The third kappa shape index (κ3) is 3.89. The van der Waals surface area contributed by atoms with Crippen LogP contribution in [0.4, 0.5) is 15.8 Å². The maximum absolute atomic E-state index is 14.5. The molecule has 7 nitrogen and oxygen atoms in total. The topological polar surface area (TPSA) is 68.3 Å². The number of anilines is 2. The minimum absolute atomic E-state index is 0.0774. The van der Waals surface area contributed by atoms with Crippen molar-refractivity contribution in [2.45, 2.75) is 25.5 Å². The van der Waals surface area contributed by atoms with Crippen molar-refractivity contribution < 1.29 is 28.3 Å². The van der Waals surface area contributed by atoms with Crippen LogP contribution >= 0.6 is 0 Å². The van der Waals surface area contributed by atoms with Crippen LogP contribution in [0.25, 0.3) is 0 Å². The number of hydrogen-bond acceptors (Lipinski definition) is 6. The number of carbonyl (C=O) groups excluding carboxylic acids is 2. The SMILES string of the molecule is CCCOc1ccc([C@@H]2[C@@H]3C(=O)N(c4ccccc4F)C(=O)[C@H]3ON2c2ccccc2)cc1OC. The van der Waals surface area contributed by atoms with Gasteiger partial charge < -0.3 is 9.47 Å². The van der Waals surface area contributed by atoms with Gasteiger partial charge in [-0.05, 0) is 48.4 Å². The Morgan fingerprint density at radius 2 is 1.69 bits per heavy atom. The van der Waals surface area contributed by atoms with Gasteiger partial charge in [0, 0.05) is 0 Å². The lowest BCUT2D eigenvalue weighted by Crippen LogP contribution is -2.37. The number of halogens is 1. The molecule has 35 heavy (non-hydrogen) atoms. The average Bonchev–Trinajstić information content (AvgIpc) is 3.39. The molecule has 2 amide bonds. The molecule has 2 heterocycles. The fourth-order valence-corrected chi connectivity index (χ4v) is 4.62. The van der Waals surface area contributed by atoms with Crippen molar-refractivity contribution in [3.05, 3.63) is 84.2 Å². The van der Waals surface area contributed by atoms with Crippen LogP contribution < -0.4 is 19.4 Å². The number of hydroxylamine groups is 1. The number of imide groups is 1. The molecule has 180 valence electrons. The number of hydrogen-bond donors (Lipinski definition) is 0. The minimum atomic E-state index is -1.09. The fourth-order valence-electron chi connectivity index (χ4n) is 4.62. The minimum Gasteiger partial charge on any atom is -0.493 e. The summed E-state index contributed by atoms with van der Waals surface area (Å²) in [6, 6.07) is 19.7. The predicted octanol–water partition coefficient (Wildman–Crippen LogP) is 4.67. The molecule has 0 radical (unpaired) electrons. The molecule has 3 aromatic rings. The van der Waals surface area contributed by atoms with E-state index in [4.69, 9.17) is 14.3 Å². The van der Waals surface area contributed by atoms with Crippen LogP contribution in [0, 0.1) is 11.7 Å². The maximum atomic E-state index is 14.5. The lowest BCUT2D eigenvalue weighted by atomic mass is 9.90. The number of ether oxygens (including phenoxy) is 2. The van der Waals surface area contributed by atoms with Crippen molar-refractivity contribution in [3.63, 3.8) is 0 Å². The molecule has 0 N–H and O–H groups in total. The Bertz CT molecular complexity index is 1250. The van der Waals surface area contributed by atoms with E-state index in [-0.39, 0.29) is 5.69 Å². The van der Waals surface area contributed by atoms with Crippen molar-refractivity contribution >= 4 is 23.2 Å². The Labute approximate surface area is 202 Å². The fraction of sp³-hybridized carbons (Fsp3) is 0.259. The zero-order valence-corrected chi connectivity index (χ0v) is 19.4.